The second kappa shape index (κ2) is 6.64. The van der Waals surface area contributed by atoms with Crippen LogP contribution in [-0.2, 0) is 17.7 Å². The predicted molar refractivity (Wildman–Crippen MR) is 84.7 cm³/mol. The van der Waals surface area contributed by atoms with Gasteiger partial charge in [0.25, 0.3) is 0 Å². The average Bonchev–Trinajstić information content (AvgIpc) is 2.81. The van der Waals surface area contributed by atoms with E-state index in [2.05, 4.69) is 34.1 Å². The zero-order valence-electron chi connectivity index (χ0n) is 13.4. The second-order valence-electron chi connectivity index (χ2n) is 6.63. The molecule has 2 aliphatic rings. The molecule has 0 aliphatic carbocycles. The monoisotopic (exact) mass is 306 g/mol. The molecule has 0 radical (unpaired) electrons. The van der Waals surface area contributed by atoms with Gasteiger partial charge < -0.3 is 19.8 Å². The summed E-state index contributed by atoms with van der Waals surface area (Å²) in [5.74, 6) is 0. The summed E-state index contributed by atoms with van der Waals surface area (Å²) in [7, 11) is 4.01. The van der Waals surface area contributed by atoms with Gasteiger partial charge in [0.15, 0.2) is 0 Å². The lowest BCUT2D eigenvalue weighted by Crippen LogP contribution is -2.52. The Morgan fingerprint density at radius 3 is 2.64 bits per heavy atom. The van der Waals surface area contributed by atoms with Gasteiger partial charge in [0.1, 0.15) is 12.2 Å². The van der Waals surface area contributed by atoms with Crippen molar-refractivity contribution in [3.63, 3.8) is 0 Å². The molecule has 2 N–H and O–H groups in total. The number of aliphatic hydroxyl groups excluding tert-OH is 2. The maximum Gasteiger partial charge on any atom is 0.109 e. The smallest absolute Gasteiger partial charge is 0.109 e. The van der Waals surface area contributed by atoms with E-state index in [1.165, 1.54) is 11.1 Å². The molecule has 0 aromatic heterocycles. The molecular formula is C17H26N2O3. The highest BCUT2D eigenvalue weighted by Gasteiger charge is 2.46. The molecule has 1 aromatic carbocycles. The van der Waals surface area contributed by atoms with Crippen molar-refractivity contribution in [1.29, 1.82) is 0 Å². The van der Waals surface area contributed by atoms with E-state index in [1.807, 2.05) is 14.1 Å². The summed E-state index contributed by atoms with van der Waals surface area (Å²) in [6.07, 6.45) is -0.197. The molecule has 22 heavy (non-hydrogen) atoms. The number of fused-ring (bicyclic) bond motifs is 1. The number of aliphatic hydroxyl groups is 2. The largest absolute Gasteiger partial charge is 0.394 e. The second-order valence-corrected chi connectivity index (χ2v) is 6.63. The van der Waals surface area contributed by atoms with Crippen LogP contribution in [-0.4, -0.2) is 78.2 Å². The van der Waals surface area contributed by atoms with Crippen LogP contribution in [0, 0.1) is 0 Å². The quantitative estimate of drug-likeness (QED) is 0.826. The number of ether oxygens (including phenoxy) is 1. The van der Waals surface area contributed by atoms with Crippen molar-refractivity contribution in [1.82, 2.24) is 9.80 Å². The molecule has 0 spiro atoms. The Labute approximate surface area is 132 Å². The Balaban J connectivity index is 1.79. The van der Waals surface area contributed by atoms with E-state index in [4.69, 9.17) is 4.74 Å². The van der Waals surface area contributed by atoms with Crippen molar-refractivity contribution in [3.05, 3.63) is 35.4 Å². The van der Waals surface area contributed by atoms with E-state index in [0.29, 0.717) is 0 Å². The SMILES string of the molecule is CN(C)CC1OC(CO)C(O)C1N1CCc2ccccc2C1. The van der Waals surface area contributed by atoms with Gasteiger partial charge in [-0.05, 0) is 31.6 Å². The fraction of sp³-hybridized carbons (Fsp3) is 0.647. The van der Waals surface area contributed by atoms with Gasteiger partial charge in [0.05, 0.1) is 18.8 Å². The molecule has 122 valence electrons. The first-order chi connectivity index (χ1) is 10.6. The van der Waals surface area contributed by atoms with Crippen molar-refractivity contribution in [2.24, 2.45) is 0 Å². The van der Waals surface area contributed by atoms with Crippen molar-refractivity contribution in [2.75, 3.05) is 33.8 Å². The van der Waals surface area contributed by atoms with Crippen LogP contribution in [0.5, 0.6) is 0 Å². The predicted octanol–water partition coefficient (Wildman–Crippen LogP) is 0.0955. The summed E-state index contributed by atoms with van der Waals surface area (Å²) in [6.45, 7) is 2.37. The first-order valence-electron chi connectivity index (χ1n) is 8.00. The van der Waals surface area contributed by atoms with E-state index in [9.17, 15) is 10.2 Å². The standard InChI is InChI=1S/C17H26N2O3/c1-18(2)10-14-16(17(21)15(11-20)22-14)19-8-7-12-5-3-4-6-13(12)9-19/h3-6,14-17,20-21H,7-11H2,1-2H3. The van der Waals surface area contributed by atoms with Gasteiger partial charge in [-0.3, -0.25) is 4.90 Å². The first kappa shape index (κ1) is 15.9. The lowest BCUT2D eigenvalue weighted by molar-refractivity contribution is -0.0275. The lowest BCUT2D eigenvalue weighted by Gasteiger charge is -2.37. The number of rotatable bonds is 4. The lowest BCUT2D eigenvalue weighted by atomic mass is 9.95. The highest BCUT2D eigenvalue weighted by molar-refractivity contribution is 5.29. The van der Waals surface area contributed by atoms with Crippen LogP contribution in [0.25, 0.3) is 0 Å². The minimum atomic E-state index is -0.639. The fourth-order valence-electron chi connectivity index (χ4n) is 3.71. The van der Waals surface area contributed by atoms with Crippen molar-refractivity contribution in [2.45, 2.75) is 37.3 Å². The zero-order valence-corrected chi connectivity index (χ0v) is 13.4. The molecule has 4 unspecified atom stereocenters. The van der Waals surface area contributed by atoms with Gasteiger partial charge in [-0.1, -0.05) is 24.3 Å². The Bertz CT molecular complexity index is 508. The molecule has 3 rings (SSSR count). The molecule has 2 heterocycles. The summed E-state index contributed by atoms with van der Waals surface area (Å²) in [5, 5.41) is 20.0. The van der Waals surface area contributed by atoms with Crippen molar-refractivity contribution < 1.29 is 14.9 Å². The molecular weight excluding hydrogens is 280 g/mol. The maximum absolute atomic E-state index is 10.6. The minimum absolute atomic E-state index is 0.0621. The van der Waals surface area contributed by atoms with Crippen molar-refractivity contribution >= 4 is 0 Å². The number of benzene rings is 1. The Hall–Kier alpha value is -0.980. The third-order valence-corrected chi connectivity index (χ3v) is 4.77. The number of hydrogen-bond acceptors (Lipinski definition) is 5. The van der Waals surface area contributed by atoms with Crippen LogP contribution in [0.4, 0.5) is 0 Å². The summed E-state index contributed by atoms with van der Waals surface area (Å²) in [6, 6.07) is 8.43. The van der Waals surface area contributed by atoms with Crippen LogP contribution in [0.1, 0.15) is 11.1 Å². The molecule has 0 amide bonds. The van der Waals surface area contributed by atoms with E-state index < -0.39 is 12.2 Å². The van der Waals surface area contributed by atoms with Gasteiger partial charge in [0, 0.05) is 19.6 Å². The highest BCUT2D eigenvalue weighted by atomic mass is 16.5. The van der Waals surface area contributed by atoms with E-state index >= 15 is 0 Å². The Kier molecular flexibility index (Phi) is 4.80. The molecule has 5 nitrogen and oxygen atoms in total. The molecule has 1 aromatic rings. The van der Waals surface area contributed by atoms with Crippen LogP contribution in [0.3, 0.4) is 0 Å². The molecule has 5 heteroatoms. The normalized spacial score (nSPS) is 32.4. The molecule has 4 atom stereocenters. The third-order valence-electron chi connectivity index (χ3n) is 4.77. The minimum Gasteiger partial charge on any atom is -0.394 e. The maximum atomic E-state index is 10.6. The Morgan fingerprint density at radius 1 is 1.23 bits per heavy atom. The number of hydrogen-bond donors (Lipinski definition) is 2. The summed E-state index contributed by atoms with van der Waals surface area (Å²) >= 11 is 0. The van der Waals surface area contributed by atoms with Gasteiger partial charge in [0.2, 0.25) is 0 Å². The summed E-state index contributed by atoms with van der Waals surface area (Å²) in [4.78, 5) is 4.39. The van der Waals surface area contributed by atoms with E-state index in [0.717, 1.165) is 26.1 Å². The number of nitrogens with zero attached hydrogens (tertiary/aromatic N) is 2. The van der Waals surface area contributed by atoms with Crippen LogP contribution >= 0.6 is 0 Å². The first-order valence-corrected chi connectivity index (χ1v) is 8.00. The Morgan fingerprint density at radius 2 is 1.95 bits per heavy atom. The van der Waals surface area contributed by atoms with E-state index in [1.54, 1.807) is 0 Å². The third kappa shape index (κ3) is 3.05. The topological polar surface area (TPSA) is 56.2 Å². The van der Waals surface area contributed by atoms with Gasteiger partial charge in [-0.15, -0.1) is 0 Å². The number of likely N-dealkylation sites (N-methyl/N-ethyl adjacent to an activating group) is 1. The molecule has 0 saturated carbocycles. The van der Waals surface area contributed by atoms with E-state index in [-0.39, 0.29) is 18.8 Å². The zero-order chi connectivity index (χ0) is 15.7. The fourth-order valence-corrected chi connectivity index (χ4v) is 3.71. The van der Waals surface area contributed by atoms with Gasteiger partial charge >= 0.3 is 0 Å². The average molecular weight is 306 g/mol. The summed E-state index contributed by atoms with van der Waals surface area (Å²) in [5.41, 5.74) is 2.73. The van der Waals surface area contributed by atoms with Crippen LogP contribution in [0.2, 0.25) is 0 Å². The van der Waals surface area contributed by atoms with Crippen LogP contribution < -0.4 is 0 Å². The van der Waals surface area contributed by atoms with Crippen molar-refractivity contribution in [3.8, 4) is 0 Å². The van der Waals surface area contributed by atoms with Crippen LogP contribution in [0.15, 0.2) is 24.3 Å². The molecule has 0 bridgehead atoms. The summed E-state index contributed by atoms with van der Waals surface area (Å²) < 4.78 is 5.90. The molecule has 2 aliphatic heterocycles. The highest BCUT2D eigenvalue weighted by Crippen LogP contribution is 2.30. The molecule has 1 saturated heterocycles. The molecule has 1 fully saturated rings. The van der Waals surface area contributed by atoms with Gasteiger partial charge in [-0.25, -0.2) is 0 Å². The van der Waals surface area contributed by atoms with Gasteiger partial charge in [-0.2, -0.15) is 0 Å².